The summed E-state index contributed by atoms with van der Waals surface area (Å²) in [7, 11) is -3.52. The van der Waals surface area contributed by atoms with Gasteiger partial charge in [0.2, 0.25) is 10.0 Å². The van der Waals surface area contributed by atoms with Crippen LogP contribution in [0.1, 0.15) is 11.3 Å². The number of halogens is 2. The molecule has 0 saturated carbocycles. The van der Waals surface area contributed by atoms with E-state index in [0.717, 1.165) is 15.0 Å². The molecule has 2 rings (SSSR count). The zero-order valence-corrected chi connectivity index (χ0v) is 14.0. The number of aryl methyl sites for hydroxylation is 1. The highest BCUT2D eigenvalue weighted by Crippen LogP contribution is 2.34. The second kappa shape index (κ2) is 5.41. The number of thiophene rings is 1. The smallest absolute Gasteiger partial charge is 0.242 e. The lowest BCUT2D eigenvalue weighted by molar-refractivity contribution is 0.581. The van der Waals surface area contributed by atoms with E-state index in [4.69, 9.17) is 0 Å². The number of rotatable bonds is 4. The first-order valence-electron chi connectivity index (χ1n) is 4.83. The van der Waals surface area contributed by atoms with E-state index >= 15 is 0 Å². The van der Waals surface area contributed by atoms with Gasteiger partial charge in [0, 0.05) is 17.8 Å². The van der Waals surface area contributed by atoms with Crippen LogP contribution >= 0.6 is 43.2 Å². The molecule has 98 valence electrons. The van der Waals surface area contributed by atoms with Gasteiger partial charge in [-0.25, -0.2) is 13.1 Å². The van der Waals surface area contributed by atoms with Crippen LogP contribution in [0.2, 0.25) is 0 Å². The van der Waals surface area contributed by atoms with Gasteiger partial charge < -0.3 is 0 Å². The van der Waals surface area contributed by atoms with Crippen LogP contribution in [-0.2, 0) is 16.6 Å². The van der Waals surface area contributed by atoms with Crippen molar-refractivity contribution in [2.75, 3.05) is 0 Å². The number of H-pyrrole nitrogens is 1. The van der Waals surface area contributed by atoms with Gasteiger partial charge in [-0.3, -0.25) is 5.10 Å². The summed E-state index contributed by atoms with van der Waals surface area (Å²) in [5.74, 6) is 0. The fraction of sp³-hybridized carbons (Fsp3) is 0.222. The molecule has 0 aliphatic rings. The summed E-state index contributed by atoms with van der Waals surface area (Å²) in [6, 6.07) is 1.57. The lowest BCUT2D eigenvalue weighted by Crippen LogP contribution is -2.23. The zero-order chi connectivity index (χ0) is 13.3. The highest BCUT2D eigenvalue weighted by atomic mass is 79.9. The molecular weight excluding hydrogens is 406 g/mol. The topological polar surface area (TPSA) is 74.8 Å². The minimum atomic E-state index is -3.52. The number of nitrogens with zero attached hydrogens (tertiary/aromatic N) is 1. The maximum absolute atomic E-state index is 12.1. The van der Waals surface area contributed by atoms with Gasteiger partial charge in [-0.05, 0) is 44.8 Å². The van der Waals surface area contributed by atoms with E-state index in [9.17, 15) is 8.42 Å². The molecule has 2 heterocycles. The highest BCUT2D eigenvalue weighted by molar-refractivity contribution is 9.12. The maximum Gasteiger partial charge on any atom is 0.242 e. The molecule has 0 bridgehead atoms. The number of aromatic amines is 1. The number of aromatic nitrogens is 2. The summed E-state index contributed by atoms with van der Waals surface area (Å²) in [5.41, 5.74) is 1.67. The third-order valence-corrected chi connectivity index (χ3v) is 6.46. The molecule has 0 spiro atoms. The second-order valence-corrected chi connectivity index (χ2v) is 9.02. The summed E-state index contributed by atoms with van der Waals surface area (Å²) in [4.78, 5) is 0.237. The van der Waals surface area contributed by atoms with Crippen molar-refractivity contribution in [3.63, 3.8) is 0 Å². The van der Waals surface area contributed by atoms with Crippen molar-refractivity contribution in [2.24, 2.45) is 0 Å². The van der Waals surface area contributed by atoms with E-state index in [1.165, 1.54) is 11.3 Å². The molecule has 0 aliphatic carbocycles. The standard InChI is InChI=1S/C9H9Br2N3O2S2/c1-5-6(3-12-14-5)4-13-18(15,16)7-2-8(10)17-9(7)11/h2-3,13H,4H2,1H3,(H,12,14). The quantitative estimate of drug-likeness (QED) is 0.807. The van der Waals surface area contributed by atoms with E-state index in [2.05, 4.69) is 46.8 Å². The van der Waals surface area contributed by atoms with Crippen molar-refractivity contribution in [3.8, 4) is 0 Å². The van der Waals surface area contributed by atoms with Crippen molar-refractivity contribution in [3.05, 3.63) is 31.1 Å². The molecule has 2 aromatic rings. The Balaban J connectivity index is 2.18. The molecular formula is C9H9Br2N3O2S2. The van der Waals surface area contributed by atoms with Gasteiger partial charge in [0.25, 0.3) is 0 Å². The van der Waals surface area contributed by atoms with Gasteiger partial charge in [-0.2, -0.15) is 5.10 Å². The molecule has 0 atom stereocenters. The van der Waals surface area contributed by atoms with E-state index < -0.39 is 10.0 Å². The predicted octanol–water partition coefficient (Wildman–Crippen LogP) is 2.78. The molecule has 0 radical (unpaired) electrons. The van der Waals surface area contributed by atoms with Crippen LogP contribution in [0.5, 0.6) is 0 Å². The van der Waals surface area contributed by atoms with Gasteiger partial charge in [0.05, 0.1) is 13.8 Å². The Morgan fingerprint density at radius 1 is 1.50 bits per heavy atom. The van der Waals surface area contributed by atoms with Crippen molar-refractivity contribution in [2.45, 2.75) is 18.4 Å². The van der Waals surface area contributed by atoms with Gasteiger partial charge in [-0.15, -0.1) is 11.3 Å². The Hall–Kier alpha value is -0.220. The molecule has 5 nitrogen and oxygen atoms in total. The Morgan fingerprint density at radius 2 is 2.22 bits per heavy atom. The first-order chi connectivity index (χ1) is 8.40. The van der Waals surface area contributed by atoms with Crippen molar-refractivity contribution < 1.29 is 8.42 Å². The average Bonchev–Trinajstić information content (AvgIpc) is 2.82. The second-order valence-electron chi connectivity index (χ2n) is 3.53. The maximum atomic E-state index is 12.1. The minimum Gasteiger partial charge on any atom is -0.283 e. The summed E-state index contributed by atoms with van der Waals surface area (Å²) in [5, 5.41) is 6.60. The largest absolute Gasteiger partial charge is 0.283 e. The molecule has 0 aromatic carbocycles. The van der Waals surface area contributed by atoms with Crippen LogP contribution in [0.3, 0.4) is 0 Å². The lowest BCUT2D eigenvalue weighted by atomic mass is 10.3. The molecule has 0 saturated heterocycles. The fourth-order valence-electron chi connectivity index (χ4n) is 1.31. The molecule has 2 aromatic heterocycles. The molecule has 0 amide bonds. The number of hydrogen-bond acceptors (Lipinski definition) is 4. The van der Waals surface area contributed by atoms with Crippen LogP contribution in [0.4, 0.5) is 0 Å². The number of hydrogen-bond donors (Lipinski definition) is 2. The molecule has 2 N–H and O–H groups in total. The van der Waals surface area contributed by atoms with Crippen LogP contribution < -0.4 is 4.72 Å². The van der Waals surface area contributed by atoms with Crippen LogP contribution in [0.15, 0.2) is 24.7 Å². The monoisotopic (exact) mass is 413 g/mol. The van der Waals surface area contributed by atoms with Crippen molar-refractivity contribution >= 4 is 53.2 Å². The minimum absolute atomic E-state index is 0.213. The third kappa shape index (κ3) is 3.02. The first kappa shape index (κ1) is 14.2. The average molecular weight is 415 g/mol. The predicted molar refractivity (Wildman–Crippen MR) is 77.1 cm³/mol. The van der Waals surface area contributed by atoms with E-state index in [-0.39, 0.29) is 11.4 Å². The Labute approximate surface area is 125 Å². The summed E-state index contributed by atoms with van der Waals surface area (Å²) in [6.07, 6.45) is 1.61. The van der Waals surface area contributed by atoms with Gasteiger partial charge in [0.15, 0.2) is 0 Å². The normalized spacial score (nSPS) is 11.9. The van der Waals surface area contributed by atoms with E-state index in [1.807, 2.05) is 6.92 Å². The summed E-state index contributed by atoms with van der Waals surface area (Å²) >= 11 is 7.81. The molecule has 9 heteroatoms. The Bertz CT molecular complexity index is 663. The van der Waals surface area contributed by atoms with Crippen molar-refractivity contribution in [1.29, 1.82) is 0 Å². The third-order valence-electron chi connectivity index (χ3n) is 2.30. The zero-order valence-electron chi connectivity index (χ0n) is 9.20. The Morgan fingerprint density at radius 3 is 2.72 bits per heavy atom. The summed E-state index contributed by atoms with van der Waals surface area (Å²) in [6.45, 7) is 2.05. The van der Waals surface area contributed by atoms with Crippen molar-refractivity contribution in [1.82, 2.24) is 14.9 Å². The first-order valence-corrected chi connectivity index (χ1v) is 8.72. The van der Waals surface area contributed by atoms with Gasteiger partial charge in [0.1, 0.15) is 4.90 Å². The Kier molecular flexibility index (Phi) is 4.27. The number of nitrogens with one attached hydrogen (secondary N) is 2. The van der Waals surface area contributed by atoms with Crippen LogP contribution in [-0.4, -0.2) is 18.6 Å². The number of sulfonamides is 1. The fourth-order valence-corrected chi connectivity index (χ4v) is 6.13. The van der Waals surface area contributed by atoms with E-state index in [1.54, 1.807) is 12.3 Å². The SMILES string of the molecule is Cc1[nH]ncc1CNS(=O)(=O)c1cc(Br)sc1Br. The van der Waals surface area contributed by atoms with Gasteiger partial charge in [-0.1, -0.05) is 0 Å². The van der Waals surface area contributed by atoms with Crippen LogP contribution in [0, 0.1) is 6.92 Å². The highest BCUT2D eigenvalue weighted by Gasteiger charge is 2.20. The van der Waals surface area contributed by atoms with E-state index in [0.29, 0.717) is 3.79 Å². The van der Waals surface area contributed by atoms with Crippen LogP contribution in [0.25, 0.3) is 0 Å². The molecule has 0 unspecified atom stereocenters. The van der Waals surface area contributed by atoms with Gasteiger partial charge >= 0.3 is 0 Å². The lowest BCUT2D eigenvalue weighted by Gasteiger charge is -2.04. The molecule has 18 heavy (non-hydrogen) atoms. The molecule has 0 aliphatic heterocycles. The molecule has 0 fully saturated rings. The summed E-state index contributed by atoms with van der Waals surface area (Å²) < 4.78 is 28.0.